The normalized spacial score (nSPS) is 10.2. The molecular weight excluding hydrogens is 248 g/mol. The van der Waals surface area contributed by atoms with E-state index in [9.17, 15) is 0 Å². The summed E-state index contributed by atoms with van der Waals surface area (Å²) in [4.78, 5) is 3.99. The van der Waals surface area contributed by atoms with Crippen molar-refractivity contribution in [2.24, 2.45) is 0 Å². The van der Waals surface area contributed by atoms with Crippen molar-refractivity contribution >= 4 is 17.3 Å². The minimum absolute atomic E-state index is 0.611. The first kappa shape index (κ1) is 12.6. The van der Waals surface area contributed by atoms with Gasteiger partial charge >= 0.3 is 0 Å². The van der Waals surface area contributed by atoms with E-state index in [1.165, 1.54) is 0 Å². The van der Waals surface area contributed by atoms with Crippen molar-refractivity contribution in [1.29, 1.82) is 0 Å². The monoisotopic (exact) mass is 264 g/mol. The zero-order valence-electron chi connectivity index (χ0n) is 10.0. The maximum atomic E-state index is 5.20. The van der Waals surface area contributed by atoms with Gasteiger partial charge in [0.2, 0.25) is 0 Å². The van der Waals surface area contributed by atoms with Gasteiger partial charge in [0.15, 0.2) is 5.11 Å². The SMILES string of the molecule is S=C(NCCCn1ccnc1)NCc1ccco1. The highest BCUT2D eigenvalue weighted by molar-refractivity contribution is 7.80. The number of hydrogen-bond donors (Lipinski definition) is 2. The maximum absolute atomic E-state index is 5.20. The topological polar surface area (TPSA) is 55.0 Å². The predicted molar refractivity (Wildman–Crippen MR) is 73.0 cm³/mol. The van der Waals surface area contributed by atoms with Crippen LogP contribution in [0.2, 0.25) is 0 Å². The summed E-state index contributed by atoms with van der Waals surface area (Å²) in [5, 5.41) is 6.89. The molecule has 96 valence electrons. The second kappa shape index (κ2) is 6.80. The Kier molecular flexibility index (Phi) is 4.78. The number of imidazole rings is 1. The zero-order chi connectivity index (χ0) is 12.6. The van der Waals surface area contributed by atoms with E-state index in [0.29, 0.717) is 11.7 Å². The molecule has 0 aliphatic carbocycles. The van der Waals surface area contributed by atoms with Crippen molar-refractivity contribution in [3.05, 3.63) is 42.9 Å². The highest BCUT2D eigenvalue weighted by Crippen LogP contribution is 1.98. The van der Waals surface area contributed by atoms with Crippen LogP contribution in [-0.2, 0) is 13.1 Å². The second-order valence-corrected chi connectivity index (χ2v) is 4.25. The summed E-state index contributed by atoms with van der Waals surface area (Å²) >= 11 is 5.16. The molecule has 2 aromatic heterocycles. The number of hydrogen-bond acceptors (Lipinski definition) is 3. The molecule has 0 aliphatic heterocycles. The van der Waals surface area contributed by atoms with Crippen LogP contribution >= 0.6 is 12.2 Å². The van der Waals surface area contributed by atoms with Gasteiger partial charge in [-0.25, -0.2) is 4.98 Å². The van der Waals surface area contributed by atoms with Gasteiger partial charge in [-0.2, -0.15) is 0 Å². The van der Waals surface area contributed by atoms with Gasteiger partial charge in [-0.15, -0.1) is 0 Å². The van der Waals surface area contributed by atoms with Crippen molar-refractivity contribution in [2.75, 3.05) is 6.54 Å². The van der Waals surface area contributed by atoms with Crippen LogP contribution < -0.4 is 10.6 Å². The first-order valence-corrected chi connectivity index (χ1v) is 6.25. The Morgan fingerprint density at radius 2 is 2.39 bits per heavy atom. The molecule has 2 rings (SSSR count). The molecule has 0 unspecified atom stereocenters. The highest BCUT2D eigenvalue weighted by Gasteiger charge is 1.98. The maximum Gasteiger partial charge on any atom is 0.166 e. The summed E-state index contributed by atoms with van der Waals surface area (Å²) in [7, 11) is 0. The van der Waals surface area contributed by atoms with Crippen molar-refractivity contribution in [3.8, 4) is 0 Å². The molecule has 0 fully saturated rings. The summed E-state index contributed by atoms with van der Waals surface area (Å²) in [5.74, 6) is 0.873. The average molecular weight is 264 g/mol. The fourth-order valence-electron chi connectivity index (χ4n) is 1.53. The van der Waals surface area contributed by atoms with Gasteiger partial charge in [0.1, 0.15) is 5.76 Å². The molecule has 0 radical (unpaired) electrons. The van der Waals surface area contributed by atoms with E-state index in [1.807, 2.05) is 29.2 Å². The minimum atomic E-state index is 0.611. The zero-order valence-corrected chi connectivity index (χ0v) is 10.8. The molecule has 0 atom stereocenters. The first-order chi connectivity index (χ1) is 8.84. The van der Waals surface area contributed by atoms with E-state index in [-0.39, 0.29) is 0 Å². The Bertz CT molecular complexity index is 452. The molecule has 5 nitrogen and oxygen atoms in total. The Balaban J connectivity index is 1.55. The van der Waals surface area contributed by atoms with Gasteiger partial charge in [-0.1, -0.05) is 0 Å². The molecular formula is C12H16N4OS. The lowest BCUT2D eigenvalue weighted by atomic mass is 10.4. The Morgan fingerprint density at radius 3 is 3.11 bits per heavy atom. The average Bonchev–Trinajstić information content (AvgIpc) is 3.04. The largest absolute Gasteiger partial charge is 0.467 e. The van der Waals surface area contributed by atoms with Crippen LogP contribution in [0.4, 0.5) is 0 Å². The number of rotatable bonds is 6. The first-order valence-electron chi connectivity index (χ1n) is 5.84. The molecule has 0 amide bonds. The van der Waals surface area contributed by atoms with E-state index in [2.05, 4.69) is 15.6 Å². The van der Waals surface area contributed by atoms with Gasteiger partial charge < -0.3 is 19.6 Å². The van der Waals surface area contributed by atoms with E-state index in [0.717, 1.165) is 25.3 Å². The molecule has 18 heavy (non-hydrogen) atoms. The Hall–Kier alpha value is -1.82. The molecule has 0 aliphatic rings. The fourth-order valence-corrected chi connectivity index (χ4v) is 1.70. The lowest BCUT2D eigenvalue weighted by Gasteiger charge is -2.09. The molecule has 2 heterocycles. The molecule has 0 spiro atoms. The van der Waals surface area contributed by atoms with Crippen molar-refractivity contribution in [1.82, 2.24) is 20.2 Å². The number of thiocarbonyl (C=S) groups is 1. The van der Waals surface area contributed by atoms with Crippen LogP contribution in [0.1, 0.15) is 12.2 Å². The molecule has 2 aromatic rings. The predicted octanol–water partition coefficient (Wildman–Crippen LogP) is 1.53. The Morgan fingerprint density at radius 1 is 1.44 bits per heavy atom. The van der Waals surface area contributed by atoms with E-state index in [4.69, 9.17) is 16.6 Å². The number of furan rings is 1. The Labute approximate surface area is 111 Å². The van der Waals surface area contributed by atoms with Crippen LogP contribution in [0.15, 0.2) is 41.5 Å². The third kappa shape index (κ3) is 4.21. The molecule has 0 saturated heterocycles. The highest BCUT2D eigenvalue weighted by atomic mass is 32.1. The van der Waals surface area contributed by atoms with Gasteiger partial charge in [0.05, 0.1) is 19.1 Å². The van der Waals surface area contributed by atoms with Crippen LogP contribution in [-0.4, -0.2) is 21.2 Å². The molecule has 0 aromatic carbocycles. The van der Waals surface area contributed by atoms with Gasteiger partial charge in [0, 0.05) is 25.5 Å². The van der Waals surface area contributed by atoms with Crippen molar-refractivity contribution < 1.29 is 4.42 Å². The number of aryl methyl sites for hydroxylation is 1. The van der Waals surface area contributed by atoms with Crippen LogP contribution in [0.25, 0.3) is 0 Å². The van der Waals surface area contributed by atoms with Gasteiger partial charge in [0.25, 0.3) is 0 Å². The smallest absolute Gasteiger partial charge is 0.166 e. The van der Waals surface area contributed by atoms with Gasteiger partial charge in [-0.05, 0) is 30.8 Å². The van der Waals surface area contributed by atoms with E-state index >= 15 is 0 Å². The lowest BCUT2D eigenvalue weighted by molar-refractivity contribution is 0.502. The lowest BCUT2D eigenvalue weighted by Crippen LogP contribution is -2.35. The molecule has 6 heteroatoms. The third-order valence-corrected chi connectivity index (χ3v) is 2.73. The minimum Gasteiger partial charge on any atom is -0.467 e. The second-order valence-electron chi connectivity index (χ2n) is 3.84. The number of aromatic nitrogens is 2. The number of nitrogens with zero attached hydrogens (tertiary/aromatic N) is 2. The third-order valence-electron chi connectivity index (χ3n) is 2.44. The van der Waals surface area contributed by atoms with Crippen LogP contribution in [0.3, 0.4) is 0 Å². The summed E-state index contributed by atoms with van der Waals surface area (Å²) in [5.41, 5.74) is 0. The summed E-state index contributed by atoms with van der Waals surface area (Å²) in [6.07, 6.45) is 8.20. The van der Waals surface area contributed by atoms with E-state index in [1.54, 1.807) is 12.5 Å². The standard InChI is InChI=1S/C12H16N4OS/c18-12(15-9-11-3-1-8-17-11)14-4-2-6-16-7-5-13-10-16/h1,3,5,7-8,10H,2,4,6,9H2,(H2,14,15,18). The van der Waals surface area contributed by atoms with Crippen LogP contribution in [0.5, 0.6) is 0 Å². The van der Waals surface area contributed by atoms with Crippen molar-refractivity contribution in [3.63, 3.8) is 0 Å². The van der Waals surface area contributed by atoms with E-state index < -0.39 is 0 Å². The molecule has 0 saturated carbocycles. The summed E-state index contributed by atoms with van der Waals surface area (Å²) in [6.45, 7) is 2.39. The van der Waals surface area contributed by atoms with Crippen LogP contribution in [0, 0.1) is 0 Å². The fraction of sp³-hybridized carbons (Fsp3) is 0.333. The van der Waals surface area contributed by atoms with Gasteiger partial charge in [-0.3, -0.25) is 0 Å². The van der Waals surface area contributed by atoms with Crippen molar-refractivity contribution in [2.45, 2.75) is 19.5 Å². The molecule has 0 bridgehead atoms. The number of nitrogens with one attached hydrogen (secondary N) is 2. The summed E-state index contributed by atoms with van der Waals surface area (Å²) < 4.78 is 7.24. The quantitative estimate of drug-likeness (QED) is 0.612. The molecule has 2 N–H and O–H groups in total. The summed E-state index contributed by atoms with van der Waals surface area (Å²) in [6, 6.07) is 3.77.